The highest BCUT2D eigenvalue weighted by Crippen LogP contribution is 2.21. The molecule has 2 aromatic rings. The molecule has 0 atom stereocenters. The SMILES string of the molecule is Cc1noc(CNC(=O)Nc2ccc(Br)cc2C(=O)O)n1. The van der Waals surface area contributed by atoms with E-state index in [2.05, 4.69) is 36.7 Å². The van der Waals surface area contributed by atoms with Gasteiger partial charge in [-0.25, -0.2) is 9.59 Å². The van der Waals surface area contributed by atoms with Gasteiger partial charge in [-0.15, -0.1) is 0 Å². The van der Waals surface area contributed by atoms with E-state index in [4.69, 9.17) is 9.63 Å². The number of aromatic carboxylic acids is 1. The van der Waals surface area contributed by atoms with Crippen molar-refractivity contribution in [2.75, 3.05) is 5.32 Å². The smallest absolute Gasteiger partial charge is 0.337 e. The summed E-state index contributed by atoms with van der Waals surface area (Å²) in [5, 5.41) is 17.6. The van der Waals surface area contributed by atoms with E-state index >= 15 is 0 Å². The predicted molar refractivity (Wildman–Crippen MR) is 76.0 cm³/mol. The van der Waals surface area contributed by atoms with Gasteiger partial charge in [-0.1, -0.05) is 21.1 Å². The number of carbonyl (C=O) groups excluding carboxylic acids is 1. The molecule has 21 heavy (non-hydrogen) atoms. The quantitative estimate of drug-likeness (QED) is 0.774. The molecule has 0 spiro atoms. The standard InChI is InChI=1S/C12H11BrN4O4/c1-6-15-10(21-17-6)5-14-12(20)16-9-3-2-7(13)4-8(9)11(18)19/h2-4H,5H2,1H3,(H,18,19)(H2,14,16,20). The van der Waals surface area contributed by atoms with Gasteiger partial charge in [-0.3, -0.25) is 0 Å². The minimum Gasteiger partial charge on any atom is -0.478 e. The van der Waals surface area contributed by atoms with Gasteiger partial charge in [0.25, 0.3) is 0 Å². The number of carboxylic acids is 1. The fraction of sp³-hybridized carbons (Fsp3) is 0.167. The minimum atomic E-state index is -1.14. The molecule has 9 heteroatoms. The highest BCUT2D eigenvalue weighted by molar-refractivity contribution is 9.10. The largest absolute Gasteiger partial charge is 0.478 e. The highest BCUT2D eigenvalue weighted by atomic mass is 79.9. The number of amides is 2. The number of urea groups is 1. The third kappa shape index (κ3) is 4.02. The molecule has 0 aliphatic heterocycles. The van der Waals surface area contributed by atoms with E-state index in [-0.39, 0.29) is 23.7 Å². The number of halogens is 1. The second-order valence-electron chi connectivity index (χ2n) is 4.04. The van der Waals surface area contributed by atoms with E-state index in [1.165, 1.54) is 12.1 Å². The molecule has 2 rings (SSSR count). The Hall–Kier alpha value is -2.42. The predicted octanol–water partition coefficient (Wildman–Crippen LogP) is 2.16. The van der Waals surface area contributed by atoms with Gasteiger partial charge in [-0.05, 0) is 25.1 Å². The fourth-order valence-corrected chi connectivity index (χ4v) is 1.90. The number of hydrogen-bond acceptors (Lipinski definition) is 5. The van der Waals surface area contributed by atoms with E-state index in [9.17, 15) is 9.59 Å². The van der Waals surface area contributed by atoms with Crippen molar-refractivity contribution in [3.8, 4) is 0 Å². The second kappa shape index (κ2) is 6.35. The Morgan fingerprint density at radius 1 is 1.43 bits per heavy atom. The van der Waals surface area contributed by atoms with Crippen molar-refractivity contribution in [2.45, 2.75) is 13.5 Å². The maximum absolute atomic E-state index is 11.7. The van der Waals surface area contributed by atoms with E-state index in [0.29, 0.717) is 10.3 Å². The van der Waals surface area contributed by atoms with Gasteiger partial charge in [0, 0.05) is 4.47 Å². The monoisotopic (exact) mass is 354 g/mol. The van der Waals surface area contributed by atoms with Crippen molar-refractivity contribution in [1.29, 1.82) is 0 Å². The summed E-state index contributed by atoms with van der Waals surface area (Å²) in [7, 11) is 0. The van der Waals surface area contributed by atoms with Crippen molar-refractivity contribution >= 4 is 33.6 Å². The molecule has 1 heterocycles. The molecular formula is C12H11BrN4O4. The van der Waals surface area contributed by atoms with Crippen LogP contribution in [0.4, 0.5) is 10.5 Å². The Morgan fingerprint density at radius 2 is 2.19 bits per heavy atom. The van der Waals surface area contributed by atoms with Gasteiger partial charge in [0.15, 0.2) is 5.82 Å². The Labute approximate surface area is 127 Å². The van der Waals surface area contributed by atoms with Crippen LogP contribution in [0, 0.1) is 6.92 Å². The number of anilines is 1. The summed E-state index contributed by atoms with van der Waals surface area (Å²) in [5.74, 6) is -0.413. The average Bonchev–Trinajstić information content (AvgIpc) is 2.84. The Balaban J connectivity index is 2.01. The van der Waals surface area contributed by atoms with Crippen molar-refractivity contribution in [1.82, 2.24) is 15.5 Å². The summed E-state index contributed by atoms with van der Waals surface area (Å²) in [4.78, 5) is 26.8. The van der Waals surface area contributed by atoms with Crippen LogP contribution in [0.2, 0.25) is 0 Å². The molecule has 0 aliphatic carbocycles. The third-order valence-corrected chi connectivity index (χ3v) is 2.92. The summed E-state index contributed by atoms with van der Waals surface area (Å²) in [6.07, 6.45) is 0. The van der Waals surface area contributed by atoms with Crippen LogP contribution < -0.4 is 10.6 Å². The van der Waals surface area contributed by atoms with Gasteiger partial charge in [-0.2, -0.15) is 4.98 Å². The number of carboxylic acid groups (broad SMARTS) is 1. The minimum absolute atomic E-state index is 0.0202. The molecule has 0 saturated carbocycles. The molecule has 1 aromatic heterocycles. The molecule has 2 amide bonds. The van der Waals surface area contributed by atoms with E-state index < -0.39 is 12.0 Å². The number of nitrogens with one attached hydrogen (secondary N) is 2. The zero-order chi connectivity index (χ0) is 15.4. The molecule has 0 unspecified atom stereocenters. The van der Waals surface area contributed by atoms with Gasteiger partial charge < -0.3 is 20.3 Å². The lowest BCUT2D eigenvalue weighted by atomic mass is 10.2. The van der Waals surface area contributed by atoms with Crippen LogP contribution in [0.1, 0.15) is 22.1 Å². The summed E-state index contributed by atoms with van der Waals surface area (Å²) in [6, 6.07) is 3.95. The zero-order valence-electron chi connectivity index (χ0n) is 10.9. The second-order valence-corrected chi connectivity index (χ2v) is 4.95. The number of benzene rings is 1. The summed E-state index contributed by atoms with van der Waals surface area (Å²) < 4.78 is 5.44. The lowest BCUT2D eigenvalue weighted by Crippen LogP contribution is -2.29. The highest BCUT2D eigenvalue weighted by Gasteiger charge is 2.13. The Kier molecular flexibility index (Phi) is 4.53. The van der Waals surface area contributed by atoms with Crippen LogP contribution in [0.3, 0.4) is 0 Å². The number of aromatic nitrogens is 2. The van der Waals surface area contributed by atoms with Crippen molar-refractivity contribution < 1.29 is 19.2 Å². The van der Waals surface area contributed by atoms with Crippen LogP contribution in [0.5, 0.6) is 0 Å². The lowest BCUT2D eigenvalue weighted by molar-refractivity contribution is 0.0698. The molecule has 8 nitrogen and oxygen atoms in total. The van der Waals surface area contributed by atoms with Gasteiger partial charge in [0.2, 0.25) is 5.89 Å². The van der Waals surface area contributed by atoms with Crippen molar-refractivity contribution in [3.05, 3.63) is 40.0 Å². The molecular weight excluding hydrogens is 344 g/mol. The van der Waals surface area contributed by atoms with Crippen LogP contribution in [0.15, 0.2) is 27.2 Å². The molecule has 1 aromatic carbocycles. The molecule has 0 saturated heterocycles. The molecule has 110 valence electrons. The number of carbonyl (C=O) groups is 2. The van der Waals surface area contributed by atoms with Crippen LogP contribution in [-0.2, 0) is 6.54 Å². The molecule has 0 fully saturated rings. The maximum Gasteiger partial charge on any atom is 0.337 e. The summed E-state index contributed by atoms with van der Waals surface area (Å²) >= 11 is 3.18. The van der Waals surface area contributed by atoms with Gasteiger partial charge in [0.1, 0.15) is 0 Å². The lowest BCUT2D eigenvalue weighted by Gasteiger charge is -2.09. The molecule has 0 aliphatic rings. The maximum atomic E-state index is 11.7. The van der Waals surface area contributed by atoms with Crippen LogP contribution in [0.25, 0.3) is 0 Å². The molecule has 0 radical (unpaired) electrons. The number of aryl methyl sites for hydroxylation is 1. The first kappa shape index (κ1) is 15.0. The van der Waals surface area contributed by atoms with E-state index in [0.717, 1.165) is 0 Å². The average molecular weight is 355 g/mol. The molecule has 0 bridgehead atoms. The van der Waals surface area contributed by atoms with E-state index in [1.807, 2.05) is 0 Å². The number of rotatable bonds is 4. The van der Waals surface area contributed by atoms with Gasteiger partial charge >= 0.3 is 12.0 Å². The van der Waals surface area contributed by atoms with Gasteiger partial charge in [0.05, 0.1) is 17.8 Å². The summed E-state index contributed by atoms with van der Waals surface area (Å²) in [6.45, 7) is 1.71. The zero-order valence-corrected chi connectivity index (χ0v) is 12.5. The van der Waals surface area contributed by atoms with Crippen molar-refractivity contribution in [3.63, 3.8) is 0 Å². The topological polar surface area (TPSA) is 117 Å². The van der Waals surface area contributed by atoms with Crippen LogP contribution in [-0.4, -0.2) is 27.2 Å². The first-order valence-corrected chi connectivity index (χ1v) is 6.62. The fourth-order valence-electron chi connectivity index (χ4n) is 1.54. The van der Waals surface area contributed by atoms with Crippen molar-refractivity contribution in [2.24, 2.45) is 0 Å². The Bertz CT molecular complexity index is 686. The summed E-state index contributed by atoms with van der Waals surface area (Å²) in [5.41, 5.74) is 0.165. The number of hydrogen-bond donors (Lipinski definition) is 3. The number of nitrogens with zero attached hydrogens (tertiary/aromatic N) is 2. The first-order chi connectivity index (χ1) is 9.95. The normalized spacial score (nSPS) is 10.2. The third-order valence-electron chi connectivity index (χ3n) is 2.43. The van der Waals surface area contributed by atoms with E-state index in [1.54, 1.807) is 13.0 Å². The first-order valence-electron chi connectivity index (χ1n) is 5.82. The molecule has 3 N–H and O–H groups in total. The van der Waals surface area contributed by atoms with Crippen LogP contribution >= 0.6 is 15.9 Å². The Morgan fingerprint density at radius 3 is 2.81 bits per heavy atom.